The SMILES string of the molecule is CC(C)(C)c1ccc(N)cc1.CC(C)(C)c1ccc(NC2=CSC(C)(c3ccccc3)C2(C)c2ccccc2)cc1.CC1(c2ccccc2)SC=C(Br)C1(C)c1ccccc1. The minimum atomic E-state index is -0.191. The largest absolute Gasteiger partial charge is 0.399 e. The van der Waals surface area contributed by atoms with Crippen LogP contribution in [0.4, 0.5) is 11.4 Å². The first-order valence-electron chi connectivity index (χ1n) is 21.2. The Morgan fingerprint density at radius 2 is 0.787 bits per heavy atom. The molecule has 0 aromatic heterocycles. The highest BCUT2D eigenvalue weighted by molar-refractivity contribution is 9.11. The molecule has 2 aliphatic rings. The third kappa shape index (κ3) is 9.50. The molecule has 2 heterocycles. The lowest BCUT2D eigenvalue weighted by molar-refractivity contribution is 0.434. The summed E-state index contributed by atoms with van der Waals surface area (Å²) in [6.45, 7) is 22.7. The standard InChI is InChI=1S/C28H31NS.C18H17BrS.C10H15N/c1-26(2,3)21-16-18-24(19-17-21)29-25-20-30-28(5,23-14-10-7-11-15-23)27(25,4)22-12-8-6-9-13-22;1-17(14-9-5-3-6-10-14)16(19)13-20-18(17,2)15-11-7-4-8-12-15;1-10(2,3)8-4-6-9(11)7-5-8/h6-20,29H,1-5H3;3-13H,1-2H3;4-7H,11H2,1-3H3. The minimum Gasteiger partial charge on any atom is -0.399 e. The zero-order chi connectivity index (χ0) is 44.1. The van der Waals surface area contributed by atoms with E-state index in [1.54, 1.807) is 0 Å². The predicted octanol–water partition coefficient (Wildman–Crippen LogP) is 16.3. The van der Waals surface area contributed by atoms with Crippen LogP contribution in [0.5, 0.6) is 0 Å². The van der Waals surface area contributed by atoms with Gasteiger partial charge in [-0.1, -0.05) is 203 Å². The van der Waals surface area contributed by atoms with E-state index in [-0.39, 0.29) is 31.2 Å². The van der Waals surface area contributed by atoms with E-state index >= 15 is 0 Å². The lowest BCUT2D eigenvalue weighted by Crippen LogP contribution is -2.42. The van der Waals surface area contributed by atoms with Gasteiger partial charge in [-0.25, -0.2) is 0 Å². The second-order valence-electron chi connectivity index (χ2n) is 18.8. The first kappa shape index (κ1) is 46.1. The van der Waals surface area contributed by atoms with Crippen molar-refractivity contribution in [1.82, 2.24) is 0 Å². The topological polar surface area (TPSA) is 38.0 Å². The van der Waals surface area contributed by atoms with E-state index in [0.717, 1.165) is 11.4 Å². The summed E-state index contributed by atoms with van der Waals surface area (Å²) in [5.41, 5.74) is 17.0. The summed E-state index contributed by atoms with van der Waals surface area (Å²) in [7, 11) is 0. The van der Waals surface area contributed by atoms with E-state index < -0.39 is 0 Å². The summed E-state index contributed by atoms with van der Waals surface area (Å²) in [5.74, 6) is 0. The van der Waals surface area contributed by atoms with Crippen LogP contribution in [-0.4, -0.2) is 0 Å². The molecule has 5 heteroatoms. The van der Waals surface area contributed by atoms with Crippen molar-refractivity contribution in [3.05, 3.63) is 224 Å². The Labute approximate surface area is 384 Å². The second-order valence-corrected chi connectivity index (χ2v) is 22.3. The number of nitrogens with two attached hydrogens (primary N) is 1. The van der Waals surface area contributed by atoms with E-state index in [2.05, 4.69) is 259 Å². The smallest absolute Gasteiger partial charge is 0.0570 e. The maximum Gasteiger partial charge on any atom is 0.0570 e. The summed E-state index contributed by atoms with van der Waals surface area (Å²) in [5, 5.41) is 8.34. The third-order valence-electron chi connectivity index (χ3n) is 12.9. The van der Waals surface area contributed by atoms with Crippen LogP contribution in [0.25, 0.3) is 0 Å². The Kier molecular flexibility index (Phi) is 14.0. The molecule has 0 fully saturated rings. The average Bonchev–Trinajstić information content (AvgIpc) is 3.67. The Morgan fingerprint density at radius 3 is 1.20 bits per heavy atom. The van der Waals surface area contributed by atoms with Gasteiger partial charge in [-0.15, -0.1) is 23.5 Å². The molecule has 0 radical (unpaired) electrons. The van der Waals surface area contributed by atoms with Crippen molar-refractivity contribution in [2.45, 2.75) is 100 Å². The van der Waals surface area contributed by atoms with Crippen molar-refractivity contribution in [3.8, 4) is 0 Å². The highest BCUT2D eigenvalue weighted by Crippen LogP contribution is 2.63. The normalized spacial score (nSPS) is 23.4. The second kappa shape index (κ2) is 18.5. The highest BCUT2D eigenvalue weighted by Gasteiger charge is 2.54. The van der Waals surface area contributed by atoms with Crippen molar-refractivity contribution in [2.24, 2.45) is 0 Å². The molecular formula is C56H63BrN2S2. The van der Waals surface area contributed by atoms with Gasteiger partial charge in [0.05, 0.1) is 14.9 Å². The molecule has 4 unspecified atom stereocenters. The van der Waals surface area contributed by atoms with Gasteiger partial charge in [0.2, 0.25) is 0 Å². The predicted molar refractivity (Wildman–Crippen MR) is 274 cm³/mol. The summed E-state index contributed by atoms with van der Waals surface area (Å²) >= 11 is 7.62. The number of nitrogens with one attached hydrogen (secondary N) is 1. The molecule has 8 rings (SSSR count). The van der Waals surface area contributed by atoms with Crippen LogP contribution in [-0.2, 0) is 31.2 Å². The Hall–Kier alpha value is -4.42. The van der Waals surface area contributed by atoms with Gasteiger partial charge in [0.15, 0.2) is 0 Å². The number of nitrogen functional groups attached to an aromatic ring is 1. The monoisotopic (exact) mass is 906 g/mol. The Balaban J connectivity index is 0.000000172. The first-order chi connectivity index (χ1) is 28.8. The molecule has 4 atom stereocenters. The molecule has 6 aromatic carbocycles. The first-order valence-corrected chi connectivity index (χ1v) is 23.8. The lowest BCUT2D eigenvalue weighted by atomic mass is 9.67. The molecule has 0 aliphatic carbocycles. The van der Waals surface area contributed by atoms with E-state index in [1.165, 1.54) is 43.6 Å². The quantitative estimate of drug-likeness (QED) is 0.163. The lowest BCUT2D eigenvalue weighted by Gasteiger charge is -2.43. The van der Waals surface area contributed by atoms with Gasteiger partial charge in [0.1, 0.15) is 0 Å². The molecule has 3 N–H and O–H groups in total. The fraction of sp³-hybridized carbons (Fsp3) is 0.286. The molecule has 2 nitrogen and oxygen atoms in total. The molecular weight excluding hydrogens is 845 g/mol. The molecule has 0 amide bonds. The average molecular weight is 908 g/mol. The molecule has 0 saturated carbocycles. The van der Waals surface area contributed by atoms with Crippen LogP contribution in [0.1, 0.15) is 103 Å². The maximum atomic E-state index is 5.57. The fourth-order valence-corrected chi connectivity index (χ4v) is 12.0. The van der Waals surface area contributed by atoms with Crippen LogP contribution < -0.4 is 11.1 Å². The molecule has 2 aliphatic heterocycles. The van der Waals surface area contributed by atoms with Gasteiger partial charge < -0.3 is 11.1 Å². The minimum absolute atomic E-state index is 0.00551. The van der Waals surface area contributed by atoms with Gasteiger partial charge in [0, 0.05) is 27.0 Å². The fourth-order valence-electron chi connectivity index (χ4n) is 8.26. The number of halogens is 1. The van der Waals surface area contributed by atoms with E-state index in [9.17, 15) is 0 Å². The summed E-state index contributed by atoms with van der Waals surface area (Å²) < 4.78 is 1.14. The molecule has 316 valence electrons. The zero-order valence-electron chi connectivity index (χ0n) is 37.6. The van der Waals surface area contributed by atoms with Gasteiger partial charge >= 0.3 is 0 Å². The van der Waals surface area contributed by atoms with Crippen LogP contribution in [0.15, 0.2) is 191 Å². The van der Waals surface area contributed by atoms with Crippen LogP contribution in [0.2, 0.25) is 0 Å². The van der Waals surface area contributed by atoms with E-state index in [4.69, 9.17) is 5.73 Å². The van der Waals surface area contributed by atoms with Gasteiger partial charge in [-0.05, 0) is 107 Å². The molecule has 6 aromatic rings. The van der Waals surface area contributed by atoms with E-state index in [1.807, 2.05) is 35.7 Å². The third-order valence-corrected chi connectivity index (χ3v) is 17.2. The van der Waals surface area contributed by atoms with Crippen LogP contribution in [0, 0.1) is 0 Å². The number of thioether (sulfide) groups is 2. The highest BCUT2D eigenvalue weighted by atomic mass is 79.9. The van der Waals surface area contributed by atoms with Crippen LogP contribution in [0.3, 0.4) is 0 Å². The maximum absolute atomic E-state index is 5.57. The summed E-state index contributed by atoms with van der Waals surface area (Å²) in [6.07, 6.45) is 0. The number of rotatable bonds is 6. The number of hydrogen-bond donors (Lipinski definition) is 2. The van der Waals surface area contributed by atoms with Gasteiger partial charge in [-0.3, -0.25) is 0 Å². The molecule has 0 saturated heterocycles. The van der Waals surface area contributed by atoms with Crippen molar-refractivity contribution in [2.75, 3.05) is 11.1 Å². The number of anilines is 2. The number of allylic oxidation sites excluding steroid dienone is 2. The van der Waals surface area contributed by atoms with E-state index in [0.29, 0.717) is 0 Å². The Bertz CT molecular complexity index is 2400. The van der Waals surface area contributed by atoms with Crippen molar-refractivity contribution in [3.63, 3.8) is 0 Å². The molecule has 61 heavy (non-hydrogen) atoms. The molecule has 0 spiro atoms. The van der Waals surface area contributed by atoms with Gasteiger partial charge in [0.25, 0.3) is 0 Å². The summed E-state index contributed by atoms with van der Waals surface area (Å²) in [4.78, 5) is 0. The van der Waals surface area contributed by atoms with Crippen molar-refractivity contribution < 1.29 is 0 Å². The van der Waals surface area contributed by atoms with Gasteiger partial charge in [-0.2, -0.15) is 0 Å². The molecule has 0 bridgehead atoms. The number of benzene rings is 6. The van der Waals surface area contributed by atoms with Crippen molar-refractivity contribution >= 4 is 50.8 Å². The summed E-state index contributed by atoms with van der Waals surface area (Å²) in [6, 6.07) is 60.3. The number of hydrogen-bond acceptors (Lipinski definition) is 4. The Morgan fingerprint density at radius 1 is 0.443 bits per heavy atom. The zero-order valence-corrected chi connectivity index (χ0v) is 40.8. The van der Waals surface area contributed by atoms with Crippen LogP contribution >= 0.6 is 39.5 Å². The van der Waals surface area contributed by atoms with Crippen molar-refractivity contribution in [1.29, 1.82) is 0 Å².